The smallest absolute Gasteiger partial charge is 0.160 e. The van der Waals surface area contributed by atoms with Crippen molar-refractivity contribution in [2.75, 3.05) is 0 Å². The van der Waals surface area contributed by atoms with Crippen LogP contribution < -0.4 is 0 Å². The Morgan fingerprint density at radius 2 is 0.760 bits per heavy atom. The van der Waals surface area contributed by atoms with Crippen molar-refractivity contribution in [3.05, 3.63) is 267 Å². The van der Waals surface area contributed by atoms with Gasteiger partial charge in [-0.25, -0.2) is 9.97 Å². The largest absolute Gasteiger partial charge is 0.455 e. The molecule has 4 heterocycles. The van der Waals surface area contributed by atoms with Crippen LogP contribution in [0.4, 0.5) is 0 Å². The second-order valence-corrected chi connectivity index (χ2v) is 19.3. The van der Waals surface area contributed by atoms with E-state index in [0.29, 0.717) is 5.82 Å². The van der Waals surface area contributed by atoms with E-state index in [4.69, 9.17) is 14.4 Å². The number of hydrogen-bond acceptors (Lipinski definition) is 3. The molecule has 0 unspecified atom stereocenters. The van der Waals surface area contributed by atoms with Crippen molar-refractivity contribution in [3.63, 3.8) is 0 Å². The number of rotatable bonds is 8. The third kappa shape index (κ3) is 7.08. The average Bonchev–Trinajstić information content (AvgIpc) is 4.20. The quantitative estimate of drug-likeness (QED) is 0.152. The zero-order chi connectivity index (χ0) is 49.4. The van der Waals surface area contributed by atoms with Crippen molar-refractivity contribution in [1.82, 2.24) is 19.1 Å². The monoisotopic (exact) mass is 956 g/mol. The average molecular weight is 957 g/mol. The van der Waals surface area contributed by atoms with Gasteiger partial charge in [-0.3, -0.25) is 0 Å². The van der Waals surface area contributed by atoms with E-state index >= 15 is 0 Å². The molecule has 11 aromatic carbocycles. The minimum absolute atomic E-state index is 0.686. The second-order valence-electron chi connectivity index (χ2n) is 19.3. The Morgan fingerprint density at radius 1 is 0.267 bits per heavy atom. The summed E-state index contributed by atoms with van der Waals surface area (Å²) in [4.78, 5) is 10.3. The highest BCUT2D eigenvalue weighted by Gasteiger charge is 2.22. The molecule has 350 valence electrons. The SMILES string of the molecule is c1ccc(-c2ccc(-c3cc(-c4ccc(-n5c6ccccc6c6cc(-c7ccc8c(c7)c7ccccc7n8-c7ccccc7)c(-c7cccc8c7oc7ccccc78)cc65)cc4)nc(-c4ccccc4)n3)cc2)cc1. The van der Waals surface area contributed by atoms with E-state index in [1.807, 2.05) is 30.3 Å². The Morgan fingerprint density at radius 3 is 1.45 bits per heavy atom. The van der Waals surface area contributed by atoms with Crippen LogP contribution in [0.15, 0.2) is 271 Å². The topological polar surface area (TPSA) is 48.8 Å². The summed E-state index contributed by atoms with van der Waals surface area (Å²) in [5.74, 6) is 0.686. The van der Waals surface area contributed by atoms with E-state index in [9.17, 15) is 0 Å². The molecule has 0 amide bonds. The van der Waals surface area contributed by atoms with Gasteiger partial charge in [-0.2, -0.15) is 0 Å². The molecule has 0 aliphatic rings. The maximum Gasteiger partial charge on any atom is 0.160 e. The maximum absolute atomic E-state index is 6.83. The molecule has 5 heteroatoms. The summed E-state index contributed by atoms with van der Waals surface area (Å²) in [7, 11) is 0. The van der Waals surface area contributed by atoms with Gasteiger partial charge in [0, 0.05) is 65.9 Å². The summed E-state index contributed by atoms with van der Waals surface area (Å²) in [6.45, 7) is 0. The molecule has 0 bridgehead atoms. The molecule has 0 N–H and O–H groups in total. The number of furan rings is 1. The molecule has 5 nitrogen and oxygen atoms in total. The van der Waals surface area contributed by atoms with E-state index in [2.05, 4.69) is 246 Å². The fourth-order valence-corrected chi connectivity index (χ4v) is 11.4. The molecule has 0 saturated heterocycles. The van der Waals surface area contributed by atoms with Gasteiger partial charge < -0.3 is 13.6 Å². The van der Waals surface area contributed by atoms with Crippen LogP contribution in [0.25, 0.3) is 144 Å². The van der Waals surface area contributed by atoms with E-state index in [-0.39, 0.29) is 0 Å². The van der Waals surface area contributed by atoms with Gasteiger partial charge in [0.05, 0.1) is 33.5 Å². The molecule has 0 radical (unpaired) electrons. The zero-order valence-electron chi connectivity index (χ0n) is 40.6. The van der Waals surface area contributed by atoms with Crippen LogP contribution in [-0.4, -0.2) is 19.1 Å². The van der Waals surface area contributed by atoms with Crippen molar-refractivity contribution in [2.24, 2.45) is 0 Å². The van der Waals surface area contributed by atoms with Gasteiger partial charge in [0.25, 0.3) is 0 Å². The van der Waals surface area contributed by atoms with E-state index in [1.165, 1.54) is 38.1 Å². The lowest BCUT2D eigenvalue weighted by Crippen LogP contribution is -1.97. The number of para-hydroxylation sites is 5. The van der Waals surface area contributed by atoms with Crippen molar-refractivity contribution in [1.29, 1.82) is 0 Å². The van der Waals surface area contributed by atoms with Gasteiger partial charge in [0.1, 0.15) is 11.2 Å². The third-order valence-corrected chi connectivity index (χ3v) is 15.0. The van der Waals surface area contributed by atoms with Crippen LogP contribution >= 0.6 is 0 Å². The molecule has 0 aliphatic heterocycles. The van der Waals surface area contributed by atoms with E-state index in [0.717, 1.165) is 100 Å². The van der Waals surface area contributed by atoms with Crippen LogP contribution in [0.3, 0.4) is 0 Å². The van der Waals surface area contributed by atoms with Crippen molar-refractivity contribution in [2.45, 2.75) is 0 Å². The number of hydrogen-bond donors (Lipinski definition) is 0. The third-order valence-electron chi connectivity index (χ3n) is 15.0. The summed E-state index contributed by atoms with van der Waals surface area (Å²) in [5, 5.41) is 6.97. The number of aromatic nitrogens is 4. The Kier molecular flexibility index (Phi) is 9.82. The van der Waals surface area contributed by atoms with Crippen LogP contribution in [0, 0.1) is 0 Å². The first-order valence-corrected chi connectivity index (χ1v) is 25.5. The molecule has 15 aromatic rings. The minimum atomic E-state index is 0.686. The van der Waals surface area contributed by atoms with Gasteiger partial charge >= 0.3 is 0 Å². The zero-order valence-corrected chi connectivity index (χ0v) is 40.6. The maximum atomic E-state index is 6.83. The number of fused-ring (bicyclic) bond motifs is 9. The normalized spacial score (nSPS) is 11.7. The standard InChI is InChI=1S/C70H44N4O/c1-4-17-45(18-5-1)46-31-33-47(34-32-46)62-44-63(72-70(71-62)49-19-6-2-7-20-49)48-35-38-52(39-36-48)74-65-29-14-11-24-54(65)61-42-58(59(43-67(61)74)57-27-16-26-56-55-25-12-15-30-68(55)75-69(56)57)50-37-40-66-60(41-50)53-23-10-13-28-64(53)73(66)51-21-8-3-9-22-51/h1-44H. The van der Waals surface area contributed by atoms with Gasteiger partial charge in [-0.05, 0) is 101 Å². The molecule has 15 rings (SSSR count). The lowest BCUT2D eigenvalue weighted by Gasteiger charge is -2.15. The molecule has 0 fully saturated rings. The lowest BCUT2D eigenvalue weighted by molar-refractivity contribution is 0.670. The molecule has 75 heavy (non-hydrogen) atoms. The first-order chi connectivity index (χ1) is 37.2. The molecular weight excluding hydrogens is 913 g/mol. The summed E-state index contributed by atoms with van der Waals surface area (Å²) in [6.07, 6.45) is 0. The molecular formula is C70H44N4O. The van der Waals surface area contributed by atoms with Crippen LogP contribution in [0.5, 0.6) is 0 Å². The van der Waals surface area contributed by atoms with Crippen molar-refractivity contribution in [3.8, 4) is 78.7 Å². The van der Waals surface area contributed by atoms with Crippen LogP contribution in [-0.2, 0) is 0 Å². The summed E-state index contributed by atoms with van der Waals surface area (Å²) >= 11 is 0. The Hall–Kier alpha value is -10.1. The predicted octanol–water partition coefficient (Wildman–Crippen LogP) is 18.6. The summed E-state index contributed by atoms with van der Waals surface area (Å²) in [5.41, 5.74) is 20.0. The van der Waals surface area contributed by atoms with Crippen LogP contribution in [0.1, 0.15) is 0 Å². The highest BCUT2D eigenvalue weighted by atomic mass is 16.3. The fraction of sp³-hybridized carbons (Fsp3) is 0. The Balaban J connectivity index is 0.913. The molecule has 0 atom stereocenters. The van der Waals surface area contributed by atoms with Crippen molar-refractivity contribution < 1.29 is 4.42 Å². The number of benzene rings is 11. The number of nitrogens with zero attached hydrogens (tertiary/aromatic N) is 4. The molecule has 0 aliphatic carbocycles. The van der Waals surface area contributed by atoms with Gasteiger partial charge in [0.15, 0.2) is 5.82 Å². The molecule has 0 spiro atoms. The lowest BCUT2D eigenvalue weighted by atomic mass is 9.91. The highest BCUT2D eigenvalue weighted by molar-refractivity contribution is 6.17. The van der Waals surface area contributed by atoms with Gasteiger partial charge in [-0.1, -0.05) is 194 Å². The summed E-state index contributed by atoms with van der Waals surface area (Å²) < 4.78 is 11.6. The first kappa shape index (κ1) is 42.6. The summed E-state index contributed by atoms with van der Waals surface area (Å²) in [6, 6.07) is 95.2. The molecule has 4 aromatic heterocycles. The van der Waals surface area contributed by atoms with E-state index < -0.39 is 0 Å². The first-order valence-electron chi connectivity index (χ1n) is 25.5. The molecule has 0 saturated carbocycles. The van der Waals surface area contributed by atoms with Gasteiger partial charge in [-0.15, -0.1) is 0 Å². The van der Waals surface area contributed by atoms with E-state index in [1.54, 1.807) is 0 Å². The van der Waals surface area contributed by atoms with Gasteiger partial charge in [0.2, 0.25) is 0 Å². The van der Waals surface area contributed by atoms with Crippen molar-refractivity contribution >= 4 is 65.6 Å². The Labute approximate surface area is 432 Å². The van der Waals surface area contributed by atoms with Crippen LogP contribution in [0.2, 0.25) is 0 Å². The highest BCUT2D eigenvalue weighted by Crippen LogP contribution is 2.46. The Bertz CT molecular complexity index is 4670. The fourth-order valence-electron chi connectivity index (χ4n) is 11.4. The predicted molar refractivity (Wildman–Crippen MR) is 311 cm³/mol. The minimum Gasteiger partial charge on any atom is -0.455 e. The second kappa shape index (κ2) is 17.3.